The van der Waals surface area contributed by atoms with Crippen molar-refractivity contribution in [2.75, 3.05) is 13.2 Å². The third-order valence-corrected chi connectivity index (χ3v) is 14.2. The van der Waals surface area contributed by atoms with Gasteiger partial charge in [0.1, 0.15) is 0 Å². The van der Waals surface area contributed by atoms with Crippen molar-refractivity contribution in [3.8, 4) is 0 Å². The van der Waals surface area contributed by atoms with Crippen LogP contribution >= 0.6 is 0 Å². The second-order valence-electron chi connectivity index (χ2n) is 10.9. The molecule has 1 radical (unpaired) electrons. The number of ether oxygens (including phenoxy) is 1. The van der Waals surface area contributed by atoms with Gasteiger partial charge in [-0.05, 0) is 12.8 Å². The summed E-state index contributed by atoms with van der Waals surface area (Å²) in [5.41, 5.74) is 3.51. The summed E-state index contributed by atoms with van der Waals surface area (Å²) in [5, 5.41) is 0. The number of nitrogens with zero attached hydrogens (tertiary/aromatic N) is 2. The minimum atomic E-state index is -1.82. The predicted octanol–water partition coefficient (Wildman–Crippen LogP) is 9.22. The SMILES string of the molecule is C1CCOC1.C[C-]1C([Si](C)(C)[N-]c2ccccc2)C(C)C(C)C1[Si](C)(C)[N-]c1ccccc1.[Cr+3]. The Hall–Kier alpha value is -1.03. The first-order chi connectivity index (χ1) is 15.6. The Balaban J connectivity index is 0.000000603. The molecule has 3 nitrogen and oxygen atoms in total. The zero-order valence-corrected chi connectivity index (χ0v) is 25.4. The van der Waals surface area contributed by atoms with E-state index < -0.39 is 16.5 Å². The van der Waals surface area contributed by atoms with Gasteiger partial charge >= 0.3 is 17.4 Å². The van der Waals surface area contributed by atoms with E-state index in [9.17, 15) is 0 Å². The number of hydrogen-bond donors (Lipinski definition) is 0. The molecule has 6 heteroatoms. The maximum absolute atomic E-state index is 5.31. The molecule has 0 bridgehead atoms. The summed E-state index contributed by atoms with van der Waals surface area (Å²) < 4.78 is 4.94. The van der Waals surface area contributed by atoms with Crippen molar-refractivity contribution in [1.29, 1.82) is 0 Å². The zero-order valence-electron chi connectivity index (χ0n) is 22.1. The van der Waals surface area contributed by atoms with E-state index in [0.717, 1.165) is 24.6 Å². The number of benzene rings is 2. The maximum atomic E-state index is 5.31. The van der Waals surface area contributed by atoms with Gasteiger partial charge in [0.15, 0.2) is 0 Å². The first-order valence-corrected chi connectivity index (χ1v) is 18.7. The molecule has 1 saturated carbocycles. The molecule has 1 heterocycles. The molecule has 0 spiro atoms. The van der Waals surface area contributed by atoms with Gasteiger partial charge in [0, 0.05) is 13.2 Å². The van der Waals surface area contributed by atoms with Gasteiger partial charge < -0.3 is 20.6 Å². The molecular formula is C28H43CrN2OSi2. The quantitative estimate of drug-likeness (QED) is 0.270. The van der Waals surface area contributed by atoms with Crippen LogP contribution in [0.3, 0.4) is 0 Å². The molecule has 0 amide bonds. The van der Waals surface area contributed by atoms with Crippen molar-refractivity contribution in [1.82, 2.24) is 0 Å². The van der Waals surface area contributed by atoms with Gasteiger partial charge in [-0.15, -0.1) is 11.4 Å². The van der Waals surface area contributed by atoms with Crippen molar-refractivity contribution in [2.45, 2.75) is 70.9 Å². The molecule has 2 aromatic rings. The van der Waals surface area contributed by atoms with Gasteiger partial charge in [0.05, 0.1) is 0 Å². The van der Waals surface area contributed by atoms with Crippen LogP contribution in [0.5, 0.6) is 0 Å². The van der Waals surface area contributed by atoms with E-state index in [1.54, 1.807) is 5.92 Å². The van der Waals surface area contributed by atoms with E-state index in [1.165, 1.54) is 12.8 Å². The normalized spacial score (nSPS) is 25.1. The number of hydrogen-bond acceptors (Lipinski definition) is 1. The van der Waals surface area contributed by atoms with E-state index in [1.807, 2.05) is 0 Å². The fourth-order valence-corrected chi connectivity index (χ4v) is 14.2. The Morgan fingerprint density at radius 2 is 1.06 bits per heavy atom. The average Bonchev–Trinajstić information content (AvgIpc) is 3.40. The zero-order chi connectivity index (χ0) is 24.1. The van der Waals surface area contributed by atoms with Crippen molar-refractivity contribution in [3.05, 3.63) is 76.5 Å². The largest absolute Gasteiger partial charge is 3.00 e. The molecule has 34 heavy (non-hydrogen) atoms. The Morgan fingerprint density at radius 3 is 1.35 bits per heavy atom. The molecule has 2 aliphatic rings. The third kappa shape index (κ3) is 7.24. The summed E-state index contributed by atoms with van der Waals surface area (Å²) in [6, 6.07) is 21.1. The van der Waals surface area contributed by atoms with E-state index in [-0.39, 0.29) is 17.4 Å². The van der Waals surface area contributed by atoms with Gasteiger partial charge in [-0.2, -0.15) is 18.0 Å². The second-order valence-corrected chi connectivity index (χ2v) is 19.2. The summed E-state index contributed by atoms with van der Waals surface area (Å²) in [6.45, 7) is 19.1. The smallest absolute Gasteiger partial charge is 0.688 e. The Kier molecular flexibility index (Phi) is 11.0. The van der Waals surface area contributed by atoms with E-state index in [4.69, 9.17) is 14.7 Å². The molecule has 185 valence electrons. The third-order valence-electron chi connectivity index (χ3n) is 7.56. The van der Waals surface area contributed by atoms with Crippen LogP contribution in [0.1, 0.15) is 33.6 Å². The molecule has 4 rings (SSSR count). The molecule has 0 N–H and O–H groups in total. The first-order valence-electron chi connectivity index (χ1n) is 12.6. The molecule has 0 aromatic heterocycles. The molecule has 1 saturated heterocycles. The fraction of sp³-hybridized carbons (Fsp3) is 0.536. The van der Waals surface area contributed by atoms with Gasteiger partial charge in [0.2, 0.25) is 0 Å². The van der Waals surface area contributed by atoms with Crippen LogP contribution in [0.15, 0.2) is 60.7 Å². The first kappa shape index (κ1) is 29.2. The van der Waals surface area contributed by atoms with Gasteiger partial charge in [-0.3, -0.25) is 0 Å². The van der Waals surface area contributed by atoms with Crippen LogP contribution in [-0.4, -0.2) is 29.7 Å². The average molecular weight is 532 g/mol. The molecule has 1 aliphatic heterocycles. The van der Waals surface area contributed by atoms with Crippen LogP contribution in [0.2, 0.25) is 37.3 Å². The van der Waals surface area contributed by atoms with Crippen molar-refractivity contribution >= 4 is 27.8 Å². The molecule has 2 fully saturated rings. The van der Waals surface area contributed by atoms with Crippen molar-refractivity contribution < 1.29 is 22.1 Å². The fourth-order valence-electron chi connectivity index (χ4n) is 6.35. The van der Waals surface area contributed by atoms with Gasteiger partial charge in [-0.1, -0.05) is 129 Å². The summed E-state index contributed by atoms with van der Waals surface area (Å²) in [4.78, 5) is 10.6. The van der Waals surface area contributed by atoms with E-state index in [0.29, 0.717) is 22.9 Å². The summed E-state index contributed by atoms with van der Waals surface area (Å²) in [6.07, 6.45) is 2.56. The number of rotatable bonds is 6. The molecule has 1 aliphatic carbocycles. The Bertz CT molecular complexity index is 773. The van der Waals surface area contributed by atoms with Gasteiger partial charge in [0.25, 0.3) is 0 Å². The standard InChI is InChI=1S/C24H35N2Si2.C4H8O.Cr/c1-18-19(2)24(28(6,7)26-22-16-12-9-13-17-22)20(3)23(18)27(4,5)25-21-14-10-8-11-15-21;1-2-4-5-3-1;/h8-19,23-24H,1-7H3;1-4H2;/q-3;;+3. The Labute approximate surface area is 221 Å². The van der Waals surface area contributed by atoms with Crippen LogP contribution in [-0.2, 0) is 22.1 Å². The molecule has 2 aromatic carbocycles. The molecule has 4 atom stereocenters. The minimum absolute atomic E-state index is 0. The van der Waals surface area contributed by atoms with Crippen LogP contribution < -0.4 is 0 Å². The second kappa shape index (κ2) is 12.8. The van der Waals surface area contributed by atoms with Crippen molar-refractivity contribution in [3.63, 3.8) is 0 Å². The molecular weight excluding hydrogens is 488 g/mol. The maximum Gasteiger partial charge on any atom is 3.00 e. The monoisotopic (exact) mass is 531 g/mol. The van der Waals surface area contributed by atoms with E-state index >= 15 is 0 Å². The topological polar surface area (TPSA) is 37.4 Å². The van der Waals surface area contributed by atoms with Gasteiger partial charge in [-0.25, -0.2) is 0 Å². The van der Waals surface area contributed by atoms with Crippen molar-refractivity contribution in [2.24, 2.45) is 11.8 Å². The van der Waals surface area contributed by atoms with Crippen LogP contribution in [0, 0.1) is 17.8 Å². The summed E-state index contributed by atoms with van der Waals surface area (Å²) in [7, 11) is -3.65. The van der Waals surface area contributed by atoms with Crippen LogP contribution in [0.25, 0.3) is 9.96 Å². The summed E-state index contributed by atoms with van der Waals surface area (Å²) >= 11 is 0. The minimum Gasteiger partial charge on any atom is -0.688 e. The Morgan fingerprint density at radius 1 is 0.706 bits per heavy atom. The molecule has 4 unspecified atom stereocenters. The summed E-state index contributed by atoms with van der Waals surface area (Å²) in [5.74, 6) is 3.00. The van der Waals surface area contributed by atoms with E-state index in [2.05, 4.69) is 108 Å². The predicted molar refractivity (Wildman–Crippen MR) is 149 cm³/mol. The van der Waals surface area contributed by atoms with Crippen LogP contribution in [0.4, 0.5) is 11.4 Å².